The van der Waals surface area contributed by atoms with E-state index in [1.807, 2.05) is 13.8 Å². The van der Waals surface area contributed by atoms with Gasteiger partial charge in [-0.25, -0.2) is 4.79 Å². The van der Waals surface area contributed by atoms with Crippen LogP contribution in [-0.4, -0.2) is 17.7 Å². The first-order valence-electron chi connectivity index (χ1n) is 9.31. The van der Waals surface area contributed by atoms with Crippen molar-refractivity contribution in [1.29, 1.82) is 0 Å². The third-order valence-corrected chi connectivity index (χ3v) is 6.05. The molecule has 4 rings (SSSR count). The summed E-state index contributed by atoms with van der Waals surface area (Å²) in [6.07, 6.45) is -0.792. The van der Waals surface area contributed by atoms with Crippen LogP contribution in [-0.2, 0) is 4.79 Å². The molecule has 1 aliphatic carbocycles. The van der Waals surface area contributed by atoms with Crippen LogP contribution >= 0.6 is 23.2 Å². The molecule has 1 amide bonds. The summed E-state index contributed by atoms with van der Waals surface area (Å²) in [6.45, 7) is 4.01. The van der Waals surface area contributed by atoms with Gasteiger partial charge in [-0.1, -0.05) is 55.2 Å². The zero-order chi connectivity index (χ0) is 20.9. The number of aliphatic imine (C=N–C) groups is 1. The molecule has 1 fully saturated rings. The van der Waals surface area contributed by atoms with E-state index in [-0.39, 0.29) is 16.2 Å². The standard InChI is InChI=1S/C22H19Cl2FN2O2/c1-22(2)10-16-19(18(28)11-22)20(13-8-7-12(23)9-14(13)24)27(21(25)29)17-6-4-3-5-15(17)26-16/h3-9,19-20H,10-11H2,1-2H3. The number of ketones is 1. The maximum Gasteiger partial charge on any atom is 0.405 e. The summed E-state index contributed by atoms with van der Waals surface area (Å²) in [4.78, 5) is 31.2. The monoisotopic (exact) mass is 432 g/mol. The average molecular weight is 433 g/mol. The Morgan fingerprint density at radius 2 is 1.90 bits per heavy atom. The van der Waals surface area contributed by atoms with Crippen LogP contribution in [0.25, 0.3) is 0 Å². The Bertz CT molecular complexity index is 1050. The summed E-state index contributed by atoms with van der Waals surface area (Å²) >= 11 is 12.5. The van der Waals surface area contributed by atoms with Gasteiger partial charge in [-0.05, 0) is 41.7 Å². The maximum atomic E-state index is 14.5. The van der Waals surface area contributed by atoms with Gasteiger partial charge in [0.1, 0.15) is 5.78 Å². The lowest BCUT2D eigenvalue weighted by molar-refractivity contribution is -0.124. The molecule has 4 nitrogen and oxygen atoms in total. The third kappa shape index (κ3) is 3.58. The minimum atomic E-state index is -1.66. The van der Waals surface area contributed by atoms with Crippen LogP contribution in [0.1, 0.15) is 38.3 Å². The predicted octanol–water partition coefficient (Wildman–Crippen LogP) is 6.72. The quantitative estimate of drug-likeness (QED) is 0.370. The number of para-hydroxylation sites is 2. The van der Waals surface area contributed by atoms with Gasteiger partial charge in [0, 0.05) is 22.2 Å². The summed E-state index contributed by atoms with van der Waals surface area (Å²) in [7, 11) is 0. The van der Waals surface area contributed by atoms with Crippen LogP contribution in [0.5, 0.6) is 0 Å². The van der Waals surface area contributed by atoms with Gasteiger partial charge in [0.2, 0.25) is 0 Å². The Kier molecular flexibility index (Phi) is 4.99. The van der Waals surface area contributed by atoms with Crippen molar-refractivity contribution in [3.05, 3.63) is 58.1 Å². The van der Waals surface area contributed by atoms with Crippen LogP contribution in [0.15, 0.2) is 47.5 Å². The van der Waals surface area contributed by atoms with E-state index in [9.17, 15) is 14.0 Å². The molecule has 1 saturated carbocycles. The summed E-state index contributed by atoms with van der Waals surface area (Å²) in [6, 6.07) is 10.7. The van der Waals surface area contributed by atoms with Gasteiger partial charge in [0.25, 0.3) is 0 Å². The van der Waals surface area contributed by atoms with Crippen molar-refractivity contribution in [2.24, 2.45) is 16.3 Å². The normalized spacial score (nSPS) is 23.0. The van der Waals surface area contributed by atoms with Crippen molar-refractivity contribution in [2.45, 2.75) is 32.7 Å². The van der Waals surface area contributed by atoms with E-state index in [0.29, 0.717) is 40.5 Å². The predicted molar refractivity (Wildman–Crippen MR) is 113 cm³/mol. The molecule has 2 aromatic rings. The highest BCUT2D eigenvalue weighted by Crippen LogP contribution is 2.49. The number of amides is 1. The molecule has 0 spiro atoms. The zero-order valence-corrected chi connectivity index (χ0v) is 17.5. The fourth-order valence-electron chi connectivity index (χ4n) is 4.38. The first-order chi connectivity index (χ1) is 13.7. The molecule has 0 saturated heterocycles. The fraction of sp³-hybridized carbons (Fsp3) is 0.318. The van der Waals surface area contributed by atoms with Crippen LogP contribution in [0.3, 0.4) is 0 Å². The molecule has 29 heavy (non-hydrogen) atoms. The number of Topliss-reactive ketones (excluding diaryl/α,β-unsaturated/α-hetero) is 1. The first-order valence-corrected chi connectivity index (χ1v) is 10.1. The van der Waals surface area contributed by atoms with Gasteiger partial charge in [-0.2, -0.15) is 0 Å². The third-order valence-electron chi connectivity index (χ3n) is 5.49. The lowest BCUT2D eigenvalue weighted by atomic mass is 9.68. The van der Waals surface area contributed by atoms with Gasteiger partial charge in [-0.15, -0.1) is 4.39 Å². The summed E-state index contributed by atoms with van der Waals surface area (Å²) in [5, 5.41) is 0.681. The summed E-state index contributed by atoms with van der Waals surface area (Å²) in [5.41, 5.74) is 1.59. The largest absolute Gasteiger partial charge is 0.405 e. The molecule has 7 heteroatoms. The molecule has 0 N–H and O–H groups in total. The van der Waals surface area contributed by atoms with Crippen LogP contribution in [0.4, 0.5) is 20.6 Å². The van der Waals surface area contributed by atoms with E-state index in [1.54, 1.807) is 36.4 Å². The van der Waals surface area contributed by atoms with Crippen molar-refractivity contribution in [3.8, 4) is 0 Å². The van der Waals surface area contributed by atoms with Crippen molar-refractivity contribution in [2.75, 3.05) is 4.90 Å². The molecule has 2 atom stereocenters. The smallest absolute Gasteiger partial charge is 0.299 e. The van der Waals surface area contributed by atoms with E-state index in [4.69, 9.17) is 28.2 Å². The molecular formula is C22H19Cl2FN2O2. The highest BCUT2D eigenvalue weighted by Gasteiger charge is 2.48. The number of hydrogen-bond acceptors (Lipinski definition) is 3. The number of carbonyl (C=O) groups is 2. The minimum absolute atomic E-state index is 0.0879. The average Bonchev–Trinajstić information content (AvgIpc) is 2.74. The fourth-order valence-corrected chi connectivity index (χ4v) is 4.90. The number of halogens is 3. The Morgan fingerprint density at radius 1 is 1.17 bits per heavy atom. The number of nitrogens with zero attached hydrogens (tertiary/aromatic N) is 2. The molecule has 150 valence electrons. The number of benzene rings is 2. The lowest BCUT2D eigenvalue weighted by Gasteiger charge is -2.40. The molecule has 1 heterocycles. The summed E-state index contributed by atoms with van der Waals surface area (Å²) in [5.74, 6) is -0.871. The second-order valence-corrected chi connectivity index (χ2v) is 9.13. The molecule has 1 aliphatic heterocycles. The SMILES string of the molecule is CC1(C)CC(=O)C2C(=Nc3ccccc3N(C(=O)F)C2c2ccc(Cl)cc2Cl)C1. The van der Waals surface area contributed by atoms with Crippen molar-refractivity contribution < 1.29 is 14.0 Å². The zero-order valence-electron chi connectivity index (χ0n) is 16.0. The van der Waals surface area contributed by atoms with Crippen molar-refractivity contribution in [1.82, 2.24) is 0 Å². The maximum absolute atomic E-state index is 14.5. The second kappa shape index (κ2) is 7.22. The number of fused-ring (bicyclic) bond motifs is 2. The van der Waals surface area contributed by atoms with E-state index in [0.717, 1.165) is 4.90 Å². The van der Waals surface area contributed by atoms with Crippen molar-refractivity contribution >= 4 is 52.2 Å². The van der Waals surface area contributed by atoms with Gasteiger partial charge >= 0.3 is 6.16 Å². The van der Waals surface area contributed by atoms with E-state index in [1.165, 1.54) is 6.07 Å². The van der Waals surface area contributed by atoms with Gasteiger partial charge in [0.05, 0.1) is 23.3 Å². The van der Waals surface area contributed by atoms with E-state index in [2.05, 4.69) is 0 Å². The van der Waals surface area contributed by atoms with Gasteiger partial charge < -0.3 is 0 Å². The Morgan fingerprint density at radius 3 is 2.59 bits per heavy atom. The lowest BCUT2D eigenvalue weighted by Crippen LogP contribution is -2.46. The second-order valence-electron chi connectivity index (χ2n) is 8.29. The summed E-state index contributed by atoms with van der Waals surface area (Å²) < 4.78 is 14.5. The van der Waals surface area contributed by atoms with Gasteiger partial charge in [0.15, 0.2) is 0 Å². The first kappa shape index (κ1) is 20.0. The van der Waals surface area contributed by atoms with E-state index >= 15 is 0 Å². The molecule has 0 aromatic heterocycles. The molecule has 0 radical (unpaired) electrons. The Hall–Kier alpha value is -2.24. The number of hydrogen-bond donors (Lipinski definition) is 0. The Labute approximate surface area is 178 Å². The highest BCUT2D eigenvalue weighted by molar-refractivity contribution is 6.35. The molecule has 2 aromatic carbocycles. The Balaban J connectivity index is 2.01. The number of carbonyl (C=O) groups excluding carboxylic acids is 2. The number of rotatable bonds is 1. The topological polar surface area (TPSA) is 49.7 Å². The van der Waals surface area contributed by atoms with Crippen LogP contribution in [0.2, 0.25) is 10.0 Å². The van der Waals surface area contributed by atoms with Crippen molar-refractivity contribution in [3.63, 3.8) is 0 Å². The molecule has 0 bridgehead atoms. The highest BCUT2D eigenvalue weighted by atomic mass is 35.5. The molecule has 2 aliphatic rings. The van der Waals surface area contributed by atoms with Gasteiger partial charge in [-0.3, -0.25) is 14.7 Å². The van der Waals surface area contributed by atoms with E-state index < -0.39 is 18.1 Å². The number of anilines is 1. The van der Waals surface area contributed by atoms with Crippen LogP contribution < -0.4 is 4.90 Å². The minimum Gasteiger partial charge on any atom is -0.299 e. The molecular weight excluding hydrogens is 414 g/mol. The molecule has 2 unspecified atom stereocenters. The van der Waals surface area contributed by atoms with Crippen LogP contribution in [0, 0.1) is 11.3 Å².